The van der Waals surface area contributed by atoms with E-state index in [0.29, 0.717) is 23.4 Å². The second-order valence-electron chi connectivity index (χ2n) is 9.41. The average Bonchev–Trinajstić information content (AvgIpc) is 2.81. The van der Waals surface area contributed by atoms with Gasteiger partial charge in [0.2, 0.25) is 0 Å². The number of aryl methyl sites for hydroxylation is 1. The van der Waals surface area contributed by atoms with E-state index in [1.165, 1.54) is 0 Å². The highest BCUT2D eigenvalue weighted by molar-refractivity contribution is 7.92. The second-order valence-corrected chi connectivity index (χ2v) is 11.1. The van der Waals surface area contributed by atoms with Crippen molar-refractivity contribution < 1.29 is 13.2 Å². The molecule has 1 heterocycles. The zero-order valence-corrected chi connectivity index (χ0v) is 21.3. The van der Waals surface area contributed by atoms with Crippen LogP contribution >= 0.6 is 0 Å². The maximum Gasteiger partial charge on any atom is 0.262 e. The predicted octanol–water partition coefficient (Wildman–Crippen LogP) is 5.04. The Balaban J connectivity index is 1.80. The van der Waals surface area contributed by atoms with Gasteiger partial charge in [0.05, 0.1) is 17.4 Å². The van der Waals surface area contributed by atoms with E-state index in [-0.39, 0.29) is 29.2 Å². The molecule has 35 heavy (non-hydrogen) atoms. The highest BCUT2D eigenvalue weighted by atomic mass is 32.2. The number of nitrogens with zero attached hydrogens (tertiary/aromatic N) is 3. The van der Waals surface area contributed by atoms with E-state index >= 15 is 0 Å². The van der Waals surface area contributed by atoms with Crippen molar-refractivity contribution in [3.05, 3.63) is 89.2 Å². The molecule has 0 saturated carbocycles. The molecular formula is C27H30N4O3S. The summed E-state index contributed by atoms with van der Waals surface area (Å²) in [5, 5.41) is 8.99. The van der Waals surface area contributed by atoms with Crippen molar-refractivity contribution in [3.8, 4) is 6.07 Å². The number of carbonyl (C=O) groups is 1. The van der Waals surface area contributed by atoms with Crippen molar-refractivity contribution >= 4 is 21.6 Å². The summed E-state index contributed by atoms with van der Waals surface area (Å²) in [6, 6.07) is 17.5. The maximum atomic E-state index is 13.1. The van der Waals surface area contributed by atoms with Gasteiger partial charge in [0.15, 0.2) is 0 Å². The fraction of sp³-hybridized carbons (Fsp3) is 0.296. The Kier molecular flexibility index (Phi) is 7.92. The first kappa shape index (κ1) is 25.9. The zero-order chi connectivity index (χ0) is 25.6. The van der Waals surface area contributed by atoms with Gasteiger partial charge in [-0.2, -0.15) is 5.26 Å². The molecule has 0 fully saturated rings. The second kappa shape index (κ2) is 10.7. The van der Waals surface area contributed by atoms with E-state index < -0.39 is 10.0 Å². The molecule has 0 radical (unpaired) electrons. The van der Waals surface area contributed by atoms with Gasteiger partial charge in [-0.3, -0.25) is 14.5 Å². The highest BCUT2D eigenvalue weighted by Crippen LogP contribution is 2.28. The molecule has 0 atom stereocenters. The Morgan fingerprint density at radius 3 is 2.43 bits per heavy atom. The Labute approximate surface area is 207 Å². The summed E-state index contributed by atoms with van der Waals surface area (Å²) in [4.78, 5) is 19.0. The van der Waals surface area contributed by atoms with Gasteiger partial charge >= 0.3 is 0 Å². The number of amides is 1. The van der Waals surface area contributed by atoms with E-state index in [0.717, 1.165) is 11.1 Å². The standard InChI is InChI=1S/C27H30N4O3S/c1-20-8-11-23(27(2,3)4)17-25(20)35(33,34)30-24-12-9-22(10-13-24)26(32)31(16-6-14-28)19-21-7-5-15-29-18-21/h5,7-13,15,17-18,30H,6,16,19H2,1-4H3. The van der Waals surface area contributed by atoms with Gasteiger partial charge in [0.25, 0.3) is 15.9 Å². The zero-order valence-electron chi connectivity index (χ0n) is 20.4. The number of nitriles is 1. The van der Waals surface area contributed by atoms with Gasteiger partial charge in [0.1, 0.15) is 0 Å². The lowest BCUT2D eigenvalue weighted by Crippen LogP contribution is -2.31. The molecule has 182 valence electrons. The number of rotatable bonds is 8. The first-order chi connectivity index (χ1) is 16.5. The van der Waals surface area contributed by atoms with Gasteiger partial charge in [-0.15, -0.1) is 0 Å². The molecule has 8 heteroatoms. The van der Waals surface area contributed by atoms with Crippen LogP contribution in [-0.2, 0) is 22.0 Å². The molecule has 1 aromatic heterocycles. The highest BCUT2D eigenvalue weighted by Gasteiger charge is 2.22. The van der Waals surface area contributed by atoms with Crippen molar-refractivity contribution in [2.75, 3.05) is 11.3 Å². The number of sulfonamides is 1. The van der Waals surface area contributed by atoms with E-state index in [1.807, 2.05) is 39.0 Å². The molecule has 7 nitrogen and oxygen atoms in total. The molecule has 0 unspecified atom stereocenters. The Bertz CT molecular complexity index is 1320. The van der Waals surface area contributed by atoms with Crippen molar-refractivity contribution in [1.82, 2.24) is 9.88 Å². The number of nitrogens with one attached hydrogen (secondary N) is 1. The van der Waals surface area contributed by atoms with Crippen molar-refractivity contribution in [1.29, 1.82) is 5.26 Å². The van der Waals surface area contributed by atoms with E-state index in [1.54, 1.807) is 60.6 Å². The SMILES string of the molecule is Cc1ccc(C(C)(C)C)cc1S(=O)(=O)Nc1ccc(C(=O)N(CCC#N)Cc2cccnc2)cc1. The van der Waals surface area contributed by atoms with Crippen LogP contribution in [0.25, 0.3) is 0 Å². The number of pyridine rings is 1. The van der Waals surface area contributed by atoms with Gasteiger partial charge in [0, 0.05) is 36.7 Å². The molecule has 0 saturated heterocycles. The average molecular weight is 491 g/mol. The van der Waals surface area contributed by atoms with Crippen LogP contribution in [0, 0.1) is 18.3 Å². The Morgan fingerprint density at radius 1 is 1.11 bits per heavy atom. The minimum Gasteiger partial charge on any atom is -0.333 e. The summed E-state index contributed by atoms with van der Waals surface area (Å²) in [5.74, 6) is -0.243. The topological polar surface area (TPSA) is 103 Å². The minimum atomic E-state index is -3.82. The molecule has 1 N–H and O–H groups in total. The molecule has 2 aromatic carbocycles. The summed E-state index contributed by atoms with van der Waals surface area (Å²) < 4.78 is 28.9. The van der Waals surface area contributed by atoms with Crippen LogP contribution in [0.2, 0.25) is 0 Å². The van der Waals surface area contributed by atoms with E-state index in [4.69, 9.17) is 5.26 Å². The van der Waals surface area contributed by atoms with Gasteiger partial charge < -0.3 is 4.90 Å². The molecule has 0 aliphatic carbocycles. The summed E-state index contributed by atoms with van der Waals surface area (Å²) in [6.45, 7) is 8.47. The van der Waals surface area contributed by atoms with E-state index in [2.05, 4.69) is 15.8 Å². The lowest BCUT2D eigenvalue weighted by molar-refractivity contribution is 0.0746. The number of hydrogen-bond donors (Lipinski definition) is 1. The van der Waals surface area contributed by atoms with Gasteiger partial charge in [-0.25, -0.2) is 8.42 Å². The van der Waals surface area contributed by atoms with Crippen LogP contribution in [0.5, 0.6) is 0 Å². The predicted molar refractivity (Wildman–Crippen MR) is 136 cm³/mol. The molecular weight excluding hydrogens is 460 g/mol. The van der Waals surface area contributed by atoms with Crippen molar-refractivity contribution in [2.45, 2.75) is 51.0 Å². The van der Waals surface area contributed by atoms with Crippen LogP contribution in [0.4, 0.5) is 5.69 Å². The molecule has 0 spiro atoms. The third kappa shape index (κ3) is 6.67. The smallest absolute Gasteiger partial charge is 0.262 e. The van der Waals surface area contributed by atoms with Crippen molar-refractivity contribution in [2.24, 2.45) is 0 Å². The Morgan fingerprint density at radius 2 is 1.83 bits per heavy atom. The third-order valence-corrected chi connectivity index (χ3v) is 7.13. The molecule has 3 aromatic rings. The molecule has 1 amide bonds. The first-order valence-electron chi connectivity index (χ1n) is 11.3. The summed E-state index contributed by atoms with van der Waals surface area (Å²) in [7, 11) is -3.82. The van der Waals surface area contributed by atoms with Crippen molar-refractivity contribution in [3.63, 3.8) is 0 Å². The monoisotopic (exact) mass is 490 g/mol. The molecule has 3 rings (SSSR count). The molecule has 0 bridgehead atoms. The van der Waals surface area contributed by atoms with Crippen LogP contribution in [0.1, 0.15) is 54.2 Å². The molecule has 0 aliphatic rings. The number of carbonyl (C=O) groups excluding carboxylic acids is 1. The fourth-order valence-corrected chi connectivity index (χ4v) is 4.91. The number of aromatic nitrogens is 1. The fourth-order valence-electron chi connectivity index (χ4n) is 3.58. The first-order valence-corrected chi connectivity index (χ1v) is 12.8. The summed E-state index contributed by atoms with van der Waals surface area (Å²) in [6.07, 6.45) is 3.55. The Hall–Kier alpha value is -3.70. The number of anilines is 1. The maximum absolute atomic E-state index is 13.1. The lowest BCUT2D eigenvalue weighted by Gasteiger charge is -2.22. The summed E-state index contributed by atoms with van der Waals surface area (Å²) >= 11 is 0. The lowest BCUT2D eigenvalue weighted by atomic mass is 9.87. The minimum absolute atomic E-state index is 0.187. The quantitative estimate of drug-likeness (QED) is 0.476. The van der Waals surface area contributed by atoms with Gasteiger partial charge in [-0.1, -0.05) is 39.0 Å². The summed E-state index contributed by atoms with van der Waals surface area (Å²) in [5.41, 5.74) is 3.01. The van der Waals surface area contributed by atoms with Crippen LogP contribution in [0.3, 0.4) is 0 Å². The largest absolute Gasteiger partial charge is 0.333 e. The normalized spacial score (nSPS) is 11.5. The third-order valence-electron chi connectivity index (χ3n) is 5.60. The van der Waals surface area contributed by atoms with Crippen LogP contribution < -0.4 is 4.72 Å². The number of hydrogen-bond acceptors (Lipinski definition) is 5. The molecule has 0 aliphatic heterocycles. The van der Waals surface area contributed by atoms with E-state index in [9.17, 15) is 13.2 Å². The number of benzene rings is 2. The van der Waals surface area contributed by atoms with Gasteiger partial charge in [-0.05, 0) is 65.4 Å². The van der Waals surface area contributed by atoms with Crippen LogP contribution in [0.15, 0.2) is 71.9 Å². The van der Waals surface area contributed by atoms with Crippen LogP contribution in [-0.4, -0.2) is 30.8 Å².